The molecule has 0 heterocycles. The molecule has 0 bridgehead atoms. The van der Waals surface area contributed by atoms with Crippen LogP contribution in [-0.2, 0) is 19.0 Å². The van der Waals surface area contributed by atoms with Gasteiger partial charge in [0.1, 0.15) is 17.9 Å². The zero-order chi connectivity index (χ0) is 17.6. The predicted octanol–water partition coefficient (Wildman–Crippen LogP) is 3.20. The number of ether oxygens (including phenoxy) is 3. The van der Waals surface area contributed by atoms with E-state index in [2.05, 4.69) is 0 Å². The number of hydrogen-bond acceptors (Lipinski definition) is 5. The highest BCUT2D eigenvalue weighted by molar-refractivity contribution is 5.85. The van der Waals surface area contributed by atoms with Crippen molar-refractivity contribution in [1.29, 1.82) is 0 Å². The van der Waals surface area contributed by atoms with Gasteiger partial charge in [-0.25, -0.2) is 9.59 Å². The molecule has 0 saturated heterocycles. The van der Waals surface area contributed by atoms with Crippen molar-refractivity contribution in [2.75, 3.05) is 20.4 Å². The fourth-order valence-corrected chi connectivity index (χ4v) is 2.07. The maximum atomic E-state index is 12.5. The lowest BCUT2D eigenvalue weighted by molar-refractivity contribution is -0.164. The summed E-state index contributed by atoms with van der Waals surface area (Å²) in [5.41, 5.74) is -1.81. The van der Waals surface area contributed by atoms with E-state index in [1.165, 1.54) is 12.0 Å². The van der Waals surface area contributed by atoms with Crippen LogP contribution in [0.1, 0.15) is 54.9 Å². The van der Waals surface area contributed by atoms with E-state index in [9.17, 15) is 9.59 Å². The van der Waals surface area contributed by atoms with Crippen molar-refractivity contribution in [3.63, 3.8) is 0 Å². The molecule has 22 heavy (non-hydrogen) atoms. The van der Waals surface area contributed by atoms with Gasteiger partial charge in [-0.15, -0.1) is 0 Å². The highest BCUT2D eigenvalue weighted by atomic mass is 16.6. The molecule has 0 unspecified atom stereocenters. The fourth-order valence-electron chi connectivity index (χ4n) is 2.07. The van der Waals surface area contributed by atoms with Gasteiger partial charge in [0.2, 0.25) is 0 Å². The molecule has 0 aromatic rings. The number of hydrogen-bond donors (Lipinski definition) is 0. The molecule has 0 aliphatic rings. The summed E-state index contributed by atoms with van der Waals surface area (Å²) in [6.45, 7) is 12.8. The van der Waals surface area contributed by atoms with E-state index in [-0.39, 0.29) is 19.3 Å². The van der Waals surface area contributed by atoms with Crippen molar-refractivity contribution in [2.45, 2.75) is 66.0 Å². The summed E-state index contributed by atoms with van der Waals surface area (Å²) in [5, 5.41) is 0. The first-order valence-corrected chi connectivity index (χ1v) is 7.71. The quantitative estimate of drug-likeness (QED) is 0.533. The van der Waals surface area contributed by atoms with Crippen LogP contribution in [0.15, 0.2) is 0 Å². The molecular weight excluding hydrogens is 286 g/mol. The summed E-state index contributed by atoms with van der Waals surface area (Å²) in [4.78, 5) is 26.4. The first-order valence-electron chi connectivity index (χ1n) is 7.71. The third-order valence-electron chi connectivity index (χ3n) is 3.69. The lowest BCUT2D eigenvalue weighted by Gasteiger charge is -2.42. The van der Waals surface area contributed by atoms with E-state index in [0.717, 1.165) is 0 Å². The smallest absolute Gasteiger partial charge is 0.413 e. The van der Waals surface area contributed by atoms with E-state index >= 15 is 0 Å². The Labute approximate surface area is 134 Å². The van der Waals surface area contributed by atoms with Gasteiger partial charge in [-0.05, 0) is 40.5 Å². The Morgan fingerprint density at radius 2 is 1.68 bits per heavy atom. The first kappa shape index (κ1) is 20.7. The Hall–Kier alpha value is -1.30. The Kier molecular flexibility index (Phi) is 7.87. The van der Waals surface area contributed by atoms with Crippen molar-refractivity contribution in [1.82, 2.24) is 4.90 Å². The van der Waals surface area contributed by atoms with E-state index in [0.29, 0.717) is 6.42 Å². The number of carbonyl (C=O) groups excluding carboxylic acids is 2. The molecule has 0 aromatic carbocycles. The van der Waals surface area contributed by atoms with Crippen molar-refractivity contribution in [3.8, 4) is 0 Å². The van der Waals surface area contributed by atoms with Gasteiger partial charge in [0.05, 0.1) is 6.61 Å². The molecule has 0 rings (SSSR count). The third kappa shape index (κ3) is 5.16. The molecule has 6 heteroatoms. The standard InChI is InChI=1S/C16H31NO5/c1-9-12(3)16(7,13(18)21-10-2)17(11-20-8)14(19)22-15(4,5)6/h12H,9-11H2,1-8H3/t12-,16-/m0/s1. The Morgan fingerprint density at radius 3 is 2.05 bits per heavy atom. The maximum absolute atomic E-state index is 12.5. The predicted molar refractivity (Wildman–Crippen MR) is 84.4 cm³/mol. The molecule has 0 spiro atoms. The molecule has 0 radical (unpaired) electrons. The van der Waals surface area contributed by atoms with Crippen LogP contribution in [0.4, 0.5) is 4.79 Å². The number of carbonyl (C=O) groups is 2. The number of nitrogens with zero attached hydrogens (tertiary/aromatic N) is 1. The molecule has 0 N–H and O–H groups in total. The maximum Gasteiger partial charge on any atom is 0.413 e. The van der Waals surface area contributed by atoms with E-state index < -0.39 is 23.2 Å². The van der Waals surface area contributed by atoms with Crippen molar-refractivity contribution in [2.24, 2.45) is 5.92 Å². The Morgan fingerprint density at radius 1 is 1.14 bits per heavy atom. The van der Waals surface area contributed by atoms with Gasteiger partial charge in [-0.3, -0.25) is 4.90 Å². The van der Waals surface area contributed by atoms with Crippen LogP contribution in [0.2, 0.25) is 0 Å². The average Bonchev–Trinajstić information content (AvgIpc) is 2.41. The minimum atomic E-state index is -1.15. The van der Waals surface area contributed by atoms with Crippen LogP contribution in [0.3, 0.4) is 0 Å². The SMILES string of the molecule is CCOC(=O)[C@](C)([C@@H](C)CC)N(COC)C(=O)OC(C)(C)C. The van der Waals surface area contributed by atoms with Crippen LogP contribution in [0.5, 0.6) is 0 Å². The van der Waals surface area contributed by atoms with Crippen LogP contribution >= 0.6 is 0 Å². The van der Waals surface area contributed by atoms with Crippen molar-refractivity contribution in [3.05, 3.63) is 0 Å². The van der Waals surface area contributed by atoms with Crippen LogP contribution in [0, 0.1) is 5.92 Å². The van der Waals surface area contributed by atoms with Gasteiger partial charge in [0.25, 0.3) is 0 Å². The minimum absolute atomic E-state index is 0.0471. The molecule has 1 amide bonds. The number of methoxy groups -OCH3 is 1. The molecule has 0 saturated carbocycles. The van der Waals surface area contributed by atoms with Gasteiger partial charge in [-0.2, -0.15) is 0 Å². The zero-order valence-electron chi connectivity index (χ0n) is 15.2. The number of esters is 1. The van der Waals surface area contributed by atoms with Gasteiger partial charge in [-0.1, -0.05) is 20.3 Å². The van der Waals surface area contributed by atoms with Crippen molar-refractivity contribution >= 4 is 12.1 Å². The summed E-state index contributed by atoms with van der Waals surface area (Å²) in [6.07, 6.45) is 0.114. The Bertz CT molecular complexity index is 377. The highest BCUT2D eigenvalue weighted by Gasteiger charge is 2.48. The lowest BCUT2D eigenvalue weighted by atomic mass is 9.83. The zero-order valence-corrected chi connectivity index (χ0v) is 15.2. The molecule has 6 nitrogen and oxygen atoms in total. The number of amides is 1. The average molecular weight is 317 g/mol. The Balaban J connectivity index is 5.67. The van der Waals surface area contributed by atoms with E-state index in [1.807, 2.05) is 13.8 Å². The highest BCUT2D eigenvalue weighted by Crippen LogP contribution is 2.30. The minimum Gasteiger partial charge on any atom is -0.464 e. The summed E-state index contributed by atoms with van der Waals surface area (Å²) in [5.74, 6) is -0.568. The molecule has 0 aromatic heterocycles. The summed E-state index contributed by atoms with van der Waals surface area (Å²) < 4.78 is 15.7. The molecule has 130 valence electrons. The molecular formula is C16H31NO5. The molecule has 0 aliphatic heterocycles. The summed E-state index contributed by atoms with van der Waals surface area (Å²) in [6, 6.07) is 0. The van der Waals surface area contributed by atoms with Gasteiger partial charge in [0.15, 0.2) is 0 Å². The van der Waals surface area contributed by atoms with E-state index in [4.69, 9.17) is 14.2 Å². The molecule has 0 aliphatic carbocycles. The van der Waals surface area contributed by atoms with Gasteiger partial charge >= 0.3 is 12.1 Å². The fraction of sp³-hybridized carbons (Fsp3) is 0.875. The number of rotatable bonds is 7. The molecule has 2 atom stereocenters. The summed E-state index contributed by atoms with van der Waals surface area (Å²) >= 11 is 0. The topological polar surface area (TPSA) is 65.1 Å². The van der Waals surface area contributed by atoms with Crippen LogP contribution in [-0.4, -0.2) is 48.5 Å². The second-order valence-corrected chi connectivity index (χ2v) is 6.50. The normalized spacial score (nSPS) is 15.6. The van der Waals surface area contributed by atoms with Crippen LogP contribution in [0.25, 0.3) is 0 Å². The van der Waals surface area contributed by atoms with Crippen molar-refractivity contribution < 1.29 is 23.8 Å². The van der Waals surface area contributed by atoms with Gasteiger partial charge < -0.3 is 14.2 Å². The lowest BCUT2D eigenvalue weighted by Crippen LogP contribution is -2.60. The van der Waals surface area contributed by atoms with Gasteiger partial charge in [0, 0.05) is 7.11 Å². The second-order valence-electron chi connectivity index (χ2n) is 6.50. The second kappa shape index (κ2) is 8.36. The third-order valence-corrected chi connectivity index (χ3v) is 3.69. The van der Waals surface area contributed by atoms with Crippen LogP contribution < -0.4 is 0 Å². The van der Waals surface area contributed by atoms with E-state index in [1.54, 1.807) is 34.6 Å². The summed E-state index contributed by atoms with van der Waals surface area (Å²) in [7, 11) is 1.47. The first-order chi connectivity index (χ1) is 10.0. The molecule has 0 fully saturated rings. The monoisotopic (exact) mass is 317 g/mol. The largest absolute Gasteiger partial charge is 0.464 e.